The van der Waals surface area contributed by atoms with E-state index in [-0.39, 0.29) is 12.5 Å². The number of urea groups is 1. The molecular weight excluding hydrogens is 238 g/mol. The van der Waals surface area contributed by atoms with Gasteiger partial charge in [-0.15, -0.1) is 0 Å². The average Bonchev–Trinajstić information content (AvgIpc) is 2.27. The molecule has 0 aromatic heterocycles. The zero-order valence-corrected chi connectivity index (χ0v) is 11.3. The number of hydrogen-bond donors (Lipinski definition) is 2. The first-order valence-corrected chi connectivity index (χ1v) is 5.74. The van der Waals surface area contributed by atoms with Gasteiger partial charge in [0, 0.05) is 21.1 Å². The topological polar surface area (TPSA) is 90.0 Å². The normalized spacial score (nSPS) is 11.6. The molecule has 7 nitrogen and oxygen atoms in total. The van der Waals surface area contributed by atoms with Crippen LogP contribution in [0.3, 0.4) is 0 Å². The van der Waals surface area contributed by atoms with Crippen LogP contribution < -0.4 is 5.32 Å². The van der Waals surface area contributed by atoms with Gasteiger partial charge >= 0.3 is 12.0 Å². The van der Waals surface area contributed by atoms with Crippen molar-refractivity contribution < 1.29 is 19.5 Å². The standard InChI is InChI=1S/C11H21N3O4/c1-5-6-8(10(16)17)12-11(18)14(4)7-9(15)13(2)3/h8H,5-7H2,1-4H3,(H,12,18)(H,16,17)/t8-/m0/s1. The van der Waals surface area contributed by atoms with Gasteiger partial charge in [0.1, 0.15) is 12.6 Å². The van der Waals surface area contributed by atoms with Crippen LogP contribution >= 0.6 is 0 Å². The summed E-state index contributed by atoms with van der Waals surface area (Å²) in [5, 5.41) is 11.3. The van der Waals surface area contributed by atoms with Crippen LogP contribution in [-0.2, 0) is 9.59 Å². The number of aliphatic carboxylic acids is 1. The molecular formula is C11H21N3O4. The van der Waals surface area contributed by atoms with Crippen molar-refractivity contribution in [1.82, 2.24) is 15.1 Å². The van der Waals surface area contributed by atoms with Gasteiger partial charge in [-0.2, -0.15) is 0 Å². The van der Waals surface area contributed by atoms with Crippen LogP contribution in [0.5, 0.6) is 0 Å². The number of carboxylic acids is 1. The van der Waals surface area contributed by atoms with E-state index in [1.54, 1.807) is 14.1 Å². The molecule has 2 N–H and O–H groups in total. The Morgan fingerprint density at radius 2 is 1.78 bits per heavy atom. The molecule has 0 radical (unpaired) electrons. The molecule has 0 aromatic carbocycles. The Bertz CT molecular complexity index is 317. The summed E-state index contributed by atoms with van der Waals surface area (Å²) in [6.07, 6.45) is 1.01. The van der Waals surface area contributed by atoms with Gasteiger partial charge in [0.25, 0.3) is 0 Å². The Kier molecular flexibility index (Phi) is 6.77. The lowest BCUT2D eigenvalue weighted by Gasteiger charge is -2.22. The van der Waals surface area contributed by atoms with E-state index in [0.29, 0.717) is 12.8 Å². The van der Waals surface area contributed by atoms with E-state index in [9.17, 15) is 14.4 Å². The first-order valence-electron chi connectivity index (χ1n) is 5.74. The van der Waals surface area contributed by atoms with Gasteiger partial charge in [-0.05, 0) is 6.42 Å². The number of nitrogens with zero attached hydrogens (tertiary/aromatic N) is 2. The molecule has 0 saturated heterocycles. The highest BCUT2D eigenvalue weighted by Crippen LogP contribution is 1.98. The van der Waals surface area contributed by atoms with Gasteiger partial charge < -0.3 is 20.2 Å². The second-order valence-electron chi connectivity index (χ2n) is 4.27. The lowest BCUT2D eigenvalue weighted by molar-refractivity contribution is -0.139. The third-order valence-corrected chi connectivity index (χ3v) is 2.39. The van der Waals surface area contributed by atoms with Crippen LogP contribution in [0.15, 0.2) is 0 Å². The summed E-state index contributed by atoms with van der Waals surface area (Å²) in [4.78, 5) is 36.5. The summed E-state index contributed by atoms with van der Waals surface area (Å²) in [5.74, 6) is -1.30. The van der Waals surface area contributed by atoms with E-state index in [1.807, 2.05) is 6.92 Å². The van der Waals surface area contributed by atoms with Crippen molar-refractivity contribution in [2.75, 3.05) is 27.7 Å². The zero-order chi connectivity index (χ0) is 14.3. The number of hydrogen-bond acceptors (Lipinski definition) is 3. The van der Waals surface area contributed by atoms with Crippen LogP contribution in [0.4, 0.5) is 4.79 Å². The number of carboxylic acid groups (broad SMARTS) is 1. The number of likely N-dealkylation sites (N-methyl/N-ethyl adjacent to an activating group) is 2. The molecule has 0 aliphatic carbocycles. The molecule has 1 atom stereocenters. The number of carbonyl (C=O) groups excluding carboxylic acids is 2. The second-order valence-corrected chi connectivity index (χ2v) is 4.27. The zero-order valence-electron chi connectivity index (χ0n) is 11.3. The molecule has 0 spiro atoms. The molecule has 104 valence electrons. The summed E-state index contributed by atoms with van der Waals surface area (Å²) in [6.45, 7) is 1.75. The van der Waals surface area contributed by atoms with Gasteiger partial charge in [-0.25, -0.2) is 9.59 Å². The van der Waals surface area contributed by atoms with Crippen LogP contribution in [0, 0.1) is 0 Å². The fourth-order valence-corrected chi connectivity index (χ4v) is 1.22. The van der Waals surface area contributed by atoms with E-state index in [1.165, 1.54) is 11.9 Å². The molecule has 0 aliphatic rings. The quantitative estimate of drug-likeness (QED) is 0.701. The summed E-state index contributed by atoms with van der Waals surface area (Å²) < 4.78 is 0. The molecule has 0 rings (SSSR count). The highest BCUT2D eigenvalue weighted by atomic mass is 16.4. The molecule has 3 amide bonds. The van der Waals surface area contributed by atoms with Gasteiger partial charge in [0.2, 0.25) is 5.91 Å². The minimum atomic E-state index is -1.07. The van der Waals surface area contributed by atoms with E-state index in [2.05, 4.69) is 5.32 Å². The predicted molar refractivity (Wildman–Crippen MR) is 66.2 cm³/mol. The Morgan fingerprint density at radius 1 is 1.22 bits per heavy atom. The van der Waals surface area contributed by atoms with Crippen molar-refractivity contribution in [3.05, 3.63) is 0 Å². The Balaban J connectivity index is 4.37. The largest absolute Gasteiger partial charge is 0.480 e. The summed E-state index contributed by atoms with van der Waals surface area (Å²) >= 11 is 0. The highest BCUT2D eigenvalue weighted by Gasteiger charge is 2.21. The minimum absolute atomic E-state index is 0.0860. The predicted octanol–water partition coefficient (Wildman–Crippen LogP) is -0.0307. The van der Waals surface area contributed by atoms with Gasteiger partial charge in [-0.1, -0.05) is 13.3 Å². The Morgan fingerprint density at radius 3 is 2.17 bits per heavy atom. The third-order valence-electron chi connectivity index (χ3n) is 2.39. The summed E-state index contributed by atoms with van der Waals surface area (Å²) in [6, 6.07) is -1.48. The maximum atomic E-state index is 11.7. The molecule has 18 heavy (non-hydrogen) atoms. The molecule has 0 bridgehead atoms. The summed E-state index contributed by atoms with van der Waals surface area (Å²) in [7, 11) is 4.62. The third kappa shape index (κ3) is 5.51. The SMILES string of the molecule is CCC[C@H](NC(=O)N(C)CC(=O)N(C)C)C(=O)O. The smallest absolute Gasteiger partial charge is 0.326 e. The number of carbonyl (C=O) groups is 3. The Labute approximate surface area is 107 Å². The summed E-state index contributed by atoms with van der Waals surface area (Å²) in [5.41, 5.74) is 0. The maximum absolute atomic E-state index is 11.7. The van der Waals surface area contributed by atoms with Crippen LogP contribution in [0.2, 0.25) is 0 Å². The van der Waals surface area contributed by atoms with Crippen molar-refractivity contribution >= 4 is 17.9 Å². The van der Waals surface area contributed by atoms with Crippen LogP contribution in [-0.4, -0.2) is 66.5 Å². The average molecular weight is 259 g/mol. The first kappa shape index (κ1) is 16.2. The van der Waals surface area contributed by atoms with Gasteiger partial charge in [0.05, 0.1) is 0 Å². The van der Waals surface area contributed by atoms with Crippen molar-refractivity contribution in [1.29, 1.82) is 0 Å². The van der Waals surface area contributed by atoms with E-state index >= 15 is 0 Å². The molecule has 0 unspecified atom stereocenters. The van der Waals surface area contributed by atoms with Crippen molar-refractivity contribution in [2.24, 2.45) is 0 Å². The van der Waals surface area contributed by atoms with E-state index in [4.69, 9.17) is 5.11 Å². The lowest BCUT2D eigenvalue weighted by atomic mass is 10.2. The molecule has 0 heterocycles. The lowest BCUT2D eigenvalue weighted by Crippen LogP contribution is -2.48. The molecule has 7 heteroatoms. The molecule has 0 aliphatic heterocycles. The number of rotatable bonds is 6. The number of amides is 3. The van der Waals surface area contributed by atoms with Crippen molar-refractivity contribution in [3.8, 4) is 0 Å². The van der Waals surface area contributed by atoms with Crippen LogP contribution in [0.1, 0.15) is 19.8 Å². The molecule has 0 saturated carbocycles. The number of nitrogens with one attached hydrogen (secondary N) is 1. The highest BCUT2D eigenvalue weighted by molar-refractivity contribution is 5.86. The van der Waals surface area contributed by atoms with Gasteiger partial charge in [0.15, 0.2) is 0 Å². The molecule has 0 fully saturated rings. The minimum Gasteiger partial charge on any atom is -0.480 e. The van der Waals surface area contributed by atoms with E-state index < -0.39 is 18.0 Å². The fraction of sp³-hybridized carbons (Fsp3) is 0.727. The van der Waals surface area contributed by atoms with Crippen LogP contribution in [0.25, 0.3) is 0 Å². The maximum Gasteiger partial charge on any atom is 0.326 e. The van der Waals surface area contributed by atoms with Crippen molar-refractivity contribution in [2.45, 2.75) is 25.8 Å². The molecule has 0 aromatic rings. The fourth-order valence-electron chi connectivity index (χ4n) is 1.22. The van der Waals surface area contributed by atoms with Crippen molar-refractivity contribution in [3.63, 3.8) is 0 Å². The first-order chi connectivity index (χ1) is 8.29. The van der Waals surface area contributed by atoms with Gasteiger partial charge in [-0.3, -0.25) is 4.79 Å². The monoisotopic (exact) mass is 259 g/mol. The van der Waals surface area contributed by atoms with E-state index in [0.717, 1.165) is 4.90 Å². The Hall–Kier alpha value is -1.79. The second kappa shape index (κ2) is 7.52.